The van der Waals surface area contributed by atoms with Crippen LogP contribution in [0, 0.1) is 5.92 Å². The predicted octanol–water partition coefficient (Wildman–Crippen LogP) is 0.193. The maximum atomic E-state index is 11.2. The van der Waals surface area contributed by atoms with Gasteiger partial charge in [-0.05, 0) is 12.2 Å². The van der Waals surface area contributed by atoms with Crippen LogP contribution in [-0.4, -0.2) is 29.0 Å². The molecule has 5 nitrogen and oxygen atoms in total. The number of hydrogen-bond acceptors (Lipinski definition) is 3. The topological polar surface area (TPSA) is 79.1 Å². The third-order valence-electron chi connectivity index (χ3n) is 2.00. The summed E-state index contributed by atoms with van der Waals surface area (Å²) in [6.45, 7) is 0. The summed E-state index contributed by atoms with van der Waals surface area (Å²) in [6.07, 6.45) is 5.49. The lowest BCUT2D eigenvalue weighted by atomic mass is 9.93. The summed E-state index contributed by atoms with van der Waals surface area (Å²) >= 11 is 0. The second-order valence-electron chi connectivity index (χ2n) is 2.87. The fourth-order valence-electron chi connectivity index (χ4n) is 1.30. The van der Waals surface area contributed by atoms with E-state index in [2.05, 4.69) is 9.98 Å². The fourth-order valence-corrected chi connectivity index (χ4v) is 1.30. The van der Waals surface area contributed by atoms with Crippen LogP contribution in [-0.2, 0) is 9.59 Å². The standard InChI is InChI=1S/C9H6N2O3/c12-8-6-3-5(9(13)14)1-2-7(6)10-4-11-8/h1-4,6H,(H,13,14). The number of aliphatic carboxylic acids is 1. The number of carbonyl (C=O) groups is 2. The van der Waals surface area contributed by atoms with E-state index in [9.17, 15) is 9.59 Å². The van der Waals surface area contributed by atoms with Gasteiger partial charge in [-0.2, -0.15) is 0 Å². The van der Waals surface area contributed by atoms with Gasteiger partial charge in [0.05, 0.1) is 11.3 Å². The molecule has 0 bridgehead atoms. The quantitative estimate of drug-likeness (QED) is 0.641. The van der Waals surface area contributed by atoms with Gasteiger partial charge in [-0.15, -0.1) is 0 Å². The summed E-state index contributed by atoms with van der Waals surface area (Å²) in [7, 11) is 0. The molecule has 1 N–H and O–H groups in total. The van der Waals surface area contributed by atoms with Crippen LogP contribution in [0.25, 0.3) is 0 Å². The van der Waals surface area contributed by atoms with Crippen LogP contribution in [0.15, 0.2) is 33.8 Å². The van der Waals surface area contributed by atoms with E-state index in [1.807, 2.05) is 0 Å². The highest BCUT2D eigenvalue weighted by atomic mass is 16.4. The summed E-state index contributed by atoms with van der Waals surface area (Å²) in [4.78, 5) is 29.2. The summed E-state index contributed by atoms with van der Waals surface area (Å²) in [5, 5.41) is 8.71. The van der Waals surface area contributed by atoms with Crippen molar-refractivity contribution < 1.29 is 14.7 Å². The molecule has 1 aliphatic heterocycles. The molecule has 0 aromatic heterocycles. The zero-order chi connectivity index (χ0) is 10.1. The molecule has 1 atom stereocenters. The SMILES string of the molecule is O=C(O)C1=CC2C(=O)N=CN=C2C=C1. The first-order valence-electron chi connectivity index (χ1n) is 3.96. The van der Waals surface area contributed by atoms with Gasteiger partial charge in [-0.3, -0.25) is 4.79 Å². The van der Waals surface area contributed by atoms with Gasteiger partial charge in [0.2, 0.25) is 0 Å². The molecule has 70 valence electrons. The van der Waals surface area contributed by atoms with E-state index in [0.29, 0.717) is 5.71 Å². The summed E-state index contributed by atoms with van der Waals surface area (Å²) in [5.41, 5.74) is 0.634. The maximum Gasteiger partial charge on any atom is 0.335 e. The molecule has 0 aromatic carbocycles. The van der Waals surface area contributed by atoms with Gasteiger partial charge in [-0.1, -0.05) is 6.08 Å². The number of aliphatic imine (C=N–C) groups is 2. The van der Waals surface area contributed by atoms with Crippen molar-refractivity contribution in [1.82, 2.24) is 0 Å². The molecule has 14 heavy (non-hydrogen) atoms. The Kier molecular flexibility index (Phi) is 1.85. The number of allylic oxidation sites excluding steroid dienone is 1. The Morgan fingerprint density at radius 3 is 2.93 bits per heavy atom. The van der Waals surface area contributed by atoms with Gasteiger partial charge in [0.25, 0.3) is 5.91 Å². The van der Waals surface area contributed by atoms with Crippen molar-refractivity contribution in [2.24, 2.45) is 15.9 Å². The van der Waals surface area contributed by atoms with Crippen LogP contribution in [0.5, 0.6) is 0 Å². The number of rotatable bonds is 1. The zero-order valence-electron chi connectivity index (χ0n) is 7.04. The molecule has 0 spiro atoms. The van der Waals surface area contributed by atoms with Crippen LogP contribution in [0.4, 0.5) is 0 Å². The lowest BCUT2D eigenvalue weighted by molar-refractivity contribution is -0.132. The first-order chi connectivity index (χ1) is 6.68. The number of carbonyl (C=O) groups excluding carboxylic acids is 1. The molecule has 1 amide bonds. The van der Waals surface area contributed by atoms with Gasteiger partial charge < -0.3 is 5.11 Å². The summed E-state index contributed by atoms with van der Waals surface area (Å²) < 4.78 is 0. The number of fused-ring (bicyclic) bond motifs is 1. The molecule has 1 unspecified atom stereocenters. The van der Waals surface area contributed by atoms with Crippen molar-refractivity contribution in [2.45, 2.75) is 0 Å². The smallest absolute Gasteiger partial charge is 0.335 e. The van der Waals surface area contributed by atoms with Crippen molar-refractivity contribution >= 4 is 23.9 Å². The average molecular weight is 190 g/mol. The van der Waals surface area contributed by atoms with E-state index in [4.69, 9.17) is 5.11 Å². The van der Waals surface area contributed by atoms with Crippen LogP contribution < -0.4 is 0 Å². The lowest BCUT2D eigenvalue weighted by Gasteiger charge is -2.15. The van der Waals surface area contributed by atoms with Gasteiger partial charge in [-0.25, -0.2) is 14.8 Å². The Morgan fingerprint density at radius 2 is 2.21 bits per heavy atom. The highest BCUT2D eigenvalue weighted by molar-refractivity contribution is 6.19. The fraction of sp³-hybridized carbons (Fsp3) is 0.111. The van der Waals surface area contributed by atoms with Crippen LogP contribution in [0.1, 0.15) is 0 Å². The van der Waals surface area contributed by atoms with Gasteiger partial charge in [0.1, 0.15) is 12.3 Å². The molecule has 0 fully saturated rings. The van der Waals surface area contributed by atoms with Crippen LogP contribution in [0.2, 0.25) is 0 Å². The number of nitrogens with zero attached hydrogens (tertiary/aromatic N) is 2. The Balaban J connectivity index is 2.40. The maximum absolute atomic E-state index is 11.2. The number of carboxylic acids is 1. The molecule has 5 heteroatoms. The third kappa shape index (κ3) is 1.28. The highest BCUT2D eigenvalue weighted by Crippen LogP contribution is 2.18. The molecule has 1 heterocycles. The van der Waals surface area contributed by atoms with Crippen molar-refractivity contribution in [3.05, 3.63) is 23.8 Å². The minimum atomic E-state index is -1.05. The Bertz CT molecular complexity index is 429. The first kappa shape index (κ1) is 8.55. The third-order valence-corrected chi connectivity index (χ3v) is 2.00. The number of hydrogen-bond donors (Lipinski definition) is 1. The molecular formula is C9H6N2O3. The zero-order valence-corrected chi connectivity index (χ0v) is 7.04. The molecule has 1 aliphatic carbocycles. The molecular weight excluding hydrogens is 184 g/mol. The van der Waals surface area contributed by atoms with Gasteiger partial charge in [0, 0.05) is 0 Å². The first-order valence-corrected chi connectivity index (χ1v) is 3.96. The van der Waals surface area contributed by atoms with E-state index >= 15 is 0 Å². The molecule has 0 saturated carbocycles. The Hall–Kier alpha value is -2.04. The molecule has 0 saturated heterocycles. The van der Waals surface area contributed by atoms with E-state index < -0.39 is 11.9 Å². The second-order valence-corrected chi connectivity index (χ2v) is 2.87. The molecule has 2 aliphatic rings. The molecule has 0 aromatic rings. The molecule has 2 rings (SSSR count). The highest BCUT2D eigenvalue weighted by Gasteiger charge is 2.26. The minimum absolute atomic E-state index is 0.0967. The number of carboxylic acid groups (broad SMARTS) is 1. The number of amides is 1. The van der Waals surface area contributed by atoms with Crippen LogP contribution in [0.3, 0.4) is 0 Å². The minimum Gasteiger partial charge on any atom is -0.478 e. The van der Waals surface area contributed by atoms with Crippen molar-refractivity contribution in [3.8, 4) is 0 Å². The second kappa shape index (κ2) is 3.02. The lowest BCUT2D eigenvalue weighted by Crippen LogP contribution is -2.25. The van der Waals surface area contributed by atoms with E-state index in [-0.39, 0.29) is 11.5 Å². The predicted molar refractivity (Wildman–Crippen MR) is 49.3 cm³/mol. The monoisotopic (exact) mass is 190 g/mol. The Labute approximate surface area is 79.2 Å². The van der Waals surface area contributed by atoms with Gasteiger partial charge in [0.15, 0.2) is 0 Å². The van der Waals surface area contributed by atoms with Crippen molar-refractivity contribution in [2.75, 3.05) is 0 Å². The largest absolute Gasteiger partial charge is 0.478 e. The summed E-state index contributed by atoms with van der Waals surface area (Å²) in [5.74, 6) is -2.06. The van der Waals surface area contributed by atoms with Crippen LogP contribution >= 0.6 is 0 Å². The Morgan fingerprint density at radius 1 is 1.43 bits per heavy atom. The average Bonchev–Trinajstić information content (AvgIpc) is 2.18. The van der Waals surface area contributed by atoms with Crippen molar-refractivity contribution in [1.29, 1.82) is 0 Å². The van der Waals surface area contributed by atoms with Crippen molar-refractivity contribution in [3.63, 3.8) is 0 Å². The van der Waals surface area contributed by atoms with E-state index in [1.54, 1.807) is 0 Å². The van der Waals surface area contributed by atoms with E-state index in [0.717, 1.165) is 0 Å². The molecule has 0 radical (unpaired) electrons. The normalized spacial score (nSPS) is 24.0. The van der Waals surface area contributed by atoms with Gasteiger partial charge >= 0.3 is 5.97 Å². The summed E-state index contributed by atoms with van der Waals surface area (Å²) in [6, 6.07) is 0. The van der Waals surface area contributed by atoms with E-state index in [1.165, 1.54) is 24.6 Å².